The van der Waals surface area contributed by atoms with Gasteiger partial charge in [0.15, 0.2) is 0 Å². The van der Waals surface area contributed by atoms with E-state index in [1.807, 2.05) is 18.0 Å². The van der Waals surface area contributed by atoms with Gasteiger partial charge < -0.3 is 25.0 Å². The predicted octanol–water partition coefficient (Wildman–Crippen LogP) is 6.32. The molecule has 1 saturated heterocycles. The van der Waals surface area contributed by atoms with Gasteiger partial charge in [-0.15, -0.1) is 0 Å². The molecule has 52 heavy (non-hydrogen) atoms. The van der Waals surface area contributed by atoms with Gasteiger partial charge in [-0.25, -0.2) is 9.59 Å². The summed E-state index contributed by atoms with van der Waals surface area (Å²) in [5, 5.41) is 16.5. The molecule has 2 amide bonds. The zero-order valence-corrected chi connectivity index (χ0v) is 30.8. The van der Waals surface area contributed by atoms with Crippen LogP contribution in [-0.4, -0.2) is 88.4 Å². The predicted molar refractivity (Wildman–Crippen MR) is 205 cm³/mol. The summed E-state index contributed by atoms with van der Waals surface area (Å²) in [6, 6.07) is -0.711. The second-order valence-electron chi connectivity index (χ2n) is 12.5. The third kappa shape index (κ3) is 17.8. The molecule has 0 spiro atoms. The maximum absolute atomic E-state index is 12.3. The summed E-state index contributed by atoms with van der Waals surface area (Å²) in [7, 11) is 1.83. The lowest BCUT2D eigenvalue weighted by Crippen LogP contribution is -2.44. The normalized spacial score (nSPS) is 17.9. The van der Waals surface area contributed by atoms with Crippen LogP contribution >= 0.6 is 0 Å². The summed E-state index contributed by atoms with van der Waals surface area (Å²) in [5.74, 6) is -0.0473. The molecule has 2 heterocycles. The second kappa shape index (κ2) is 26.0. The Morgan fingerprint density at radius 1 is 0.981 bits per heavy atom. The highest BCUT2D eigenvalue weighted by atomic mass is 16.5. The fourth-order valence-electron chi connectivity index (χ4n) is 5.25. The number of carboxylic acid groups (broad SMARTS) is 1. The van der Waals surface area contributed by atoms with Crippen molar-refractivity contribution in [2.75, 3.05) is 39.8 Å². The maximum Gasteiger partial charge on any atom is 0.407 e. The first-order valence-corrected chi connectivity index (χ1v) is 18.0. The highest BCUT2D eigenvalue weighted by Gasteiger charge is 2.38. The van der Waals surface area contributed by atoms with Gasteiger partial charge in [-0.05, 0) is 64.4 Å². The van der Waals surface area contributed by atoms with Crippen molar-refractivity contribution in [1.82, 2.24) is 24.7 Å². The summed E-state index contributed by atoms with van der Waals surface area (Å²) >= 11 is 0. The van der Waals surface area contributed by atoms with E-state index < -0.39 is 35.7 Å². The van der Waals surface area contributed by atoms with Crippen molar-refractivity contribution in [3.05, 3.63) is 116 Å². The van der Waals surface area contributed by atoms with E-state index in [1.165, 1.54) is 15.7 Å². The summed E-state index contributed by atoms with van der Waals surface area (Å²) in [6.45, 7) is 5.09. The first-order valence-electron chi connectivity index (χ1n) is 18.0. The zero-order chi connectivity index (χ0) is 38.0. The molecule has 0 radical (unpaired) electrons. The Hall–Kier alpha value is -4.91. The molecule has 0 saturated carbocycles. The van der Waals surface area contributed by atoms with Crippen molar-refractivity contribution in [3.8, 4) is 0 Å². The van der Waals surface area contributed by atoms with Crippen molar-refractivity contribution in [2.24, 2.45) is 5.11 Å². The van der Waals surface area contributed by atoms with E-state index in [0.29, 0.717) is 38.0 Å². The van der Waals surface area contributed by atoms with Crippen LogP contribution in [0.1, 0.15) is 76.5 Å². The maximum atomic E-state index is 12.3. The molecule has 1 aliphatic heterocycles. The molecule has 284 valence electrons. The number of hydrogen-bond acceptors (Lipinski definition) is 7. The van der Waals surface area contributed by atoms with Crippen LogP contribution in [0.5, 0.6) is 0 Å². The van der Waals surface area contributed by atoms with Crippen LogP contribution in [0.4, 0.5) is 4.79 Å². The van der Waals surface area contributed by atoms with Gasteiger partial charge in [0.2, 0.25) is 5.91 Å². The van der Waals surface area contributed by atoms with E-state index in [-0.39, 0.29) is 25.4 Å². The number of nitrogens with zero attached hydrogens (tertiary/aromatic N) is 6. The van der Waals surface area contributed by atoms with Gasteiger partial charge in [0.25, 0.3) is 5.56 Å². The topological polar surface area (TPSA) is 186 Å². The molecular formula is C38H56N8O6. The number of carbonyl (C=O) groups excluding carboxylic acids is 1. The van der Waals surface area contributed by atoms with E-state index in [2.05, 4.69) is 94.1 Å². The molecule has 1 fully saturated rings. The molecule has 0 aromatic carbocycles. The molecule has 1 aromatic rings. The highest BCUT2D eigenvalue weighted by Crippen LogP contribution is 2.30. The van der Waals surface area contributed by atoms with E-state index in [9.17, 15) is 24.3 Å². The van der Waals surface area contributed by atoms with E-state index >= 15 is 0 Å². The van der Waals surface area contributed by atoms with Crippen LogP contribution in [0.3, 0.4) is 0 Å². The third-order valence-corrected chi connectivity index (χ3v) is 8.23. The molecule has 3 atom stereocenters. The first kappa shape index (κ1) is 43.3. The van der Waals surface area contributed by atoms with Crippen molar-refractivity contribution in [1.29, 1.82) is 0 Å². The minimum Gasteiger partial charge on any atom is -0.465 e. The number of likely N-dealkylation sites (N-methyl/N-ethyl adjacent to an activating group) is 1. The second-order valence-corrected chi connectivity index (χ2v) is 12.5. The fourth-order valence-corrected chi connectivity index (χ4v) is 5.25. The number of azide groups is 1. The Balaban J connectivity index is 1.61. The third-order valence-electron chi connectivity index (χ3n) is 8.23. The Bertz CT molecular complexity index is 1580. The van der Waals surface area contributed by atoms with Gasteiger partial charge in [-0.3, -0.25) is 19.1 Å². The minimum atomic E-state index is -1.17. The van der Waals surface area contributed by atoms with Gasteiger partial charge in [0.05, 0.1) is 18.7 Å². The quantitative estimate of drug-likeness (QED) is 0.0483. The number of rotatable bonds is 24. The summed E-state index contributed by atoms with van der Waals surface area (Å²) in [6.07, 6.45) is 31.2. The van der Waals surface area contributed by atoms with Crippen LogP contribution in [0.25, 0.3) is 10.4 Å². The molecule has 0 aliphatic carbocycles. The average molecular weight is 721 g/mol. The van der Waals surface area contributed by atoms with Crippen LogP contribution < -0.4 is 16.6 Å². The molecule has 0 bridgehead atoms. The monoisotopic (exact) mass is 720 g/mol. The lowest BCUT2D eigenvalue weighted by molar-refractivity contribution is -0.121. The van der Waals surface area contributed by atoms with Crippen molar-refractivity contribution in [2.45, 2.75) is 90.0 Å². The van der Waals surface area contributed by atoms with Crippen molar-refractivity contribution >= 4 is 12.0 Å². The molecule has 3 N–H and O–H groups in total. The molecule has 1 aliphatic rings. The molecule has 14 heteroatoms. The average Bonchev–Trinajstić information content (AvgIpc) is 3.50. The van der Waals surface area contributed by atoms with Crippen molar-refractivity contribution in [3.63, 3.8) is 0 Å². The number of ether oxygens (including phenoxy) is 1. The highest BCUT2D eigenvalue weighted by molar-refractivity contribution is 5.75. The molecule has 0 unspecified atom stereocenters. The van der Waals surface area contributed by atoms with Crippen LogP contribution in [0.15, 0.2) is 93.8 Å². The summed E-state index contributed by atoms with van der Waals surface area (Å²) in [5.41, 5.74) is 8.18. The van der Waals surface area contributed by atoms with Crippen LogP contribution in [-0.2, 0) is 9.53 Å². The number of amides is 2. The van der Waals surface area contributed by atoms with Crippen LogP contribution in [0.2, 0.25) is 0 Å². The van der Waals surface area contributed by atoms with Gasteiger partial charge >= 0.3 is 11.8 Å². The summed E-state index contributed by atoms with van der Waals surface area (Å²) < 4.78 is 7.18. The van der Waals surface area contributed by atoms with E-state index in [0.717, 1.165) is 38.5 Å². The molecule has 2 rings (SSSR count). The Morgan fingerprint density at radius 3 is 2.12 bits per heavy atom. The smallest absolute Gasteiger partial charge is 0.407 e. The van der Waals surface area contributed by atoms with Gasteiger partial charge in [0, 0.05) is 55.7 Å². The number of aryl methyl sites for hydroxylation is 1. The lowest BCUT2D eigenvalue weighted by atomic mass is 10.1. The number of aromatic amines is 1. The lowest BCUT2D eigenvalue weighted by Gasteiger charge is -2.27. The van der Waals surface area contributed by atoms with Gasteiger partial charge in [-0.2, -0.15) is 0 Å². The first-order chi connectivity index (χ1) is 25.2. The minimum absolute atomic E-state index is 0.0473. The number of carbonyl (C=O) groups is 2. The number of aromatic nitrogens is 2. The molecule has 14 nitrogen and oxygen atoms in total. The SMILES string of the molecule is CCC=CCC=CCC=CCC=CCC=CCC=CCCC(=O)NCCN(C)CCN(C[C@@H]1O[C@H](n2cc(C)c(=O)[nH]c2=O)C[C@@H]1N=[N+]=[N-])C(=O)O. The molecule has 1 aromatic heterocycles. The number of hydrogen-bond donors (Lipinski definition) is 3. The number of allylic oxidation sites excluding steroid dienone is 12. The van der Waals surface area contributed by atoms with Gasteiger partial charge in [-0.1, -0.05) is 85.0 Å². The number of H-pyrrole nitrogens is 1. The van der Waals surface area contributed by atoms with Gasteiger partial charge in [0.1, 0.15) is 6.23 Å². The van der Waals surface area contributed by atoms with Crippen LogP contribution in [0, 0.1) is 6.92 Å². The van der Waals surface area contributed by atoms with E-state index in [1.54, 1.807) is 6.92 Å². The number of nitrogens with one attached hydrogen (secondary N) is 2. The Morgan fingerprint density at radius 2 is 1.56 bits per heavy atom. The van der Waals surface area contributed by atoms with E-state index in [4.69, 9.17) is 10.3 Å². The largest absolute Gasteiger partial charge is 0.465 e. The Kier molecular flexibility index (Phi) is 21.6. The van der Waals surface area contributed by atoms with Crippen molar-refractivity contribution < 1.29 is 19.4 Å². The Labute approximate surface area is 306 Å². The zero-order valence-electron chi connectivity index (χ0n) is 30.8. The standard InChI is InChI=1S/C38H56N8O6/c1-4-5-6-7-8-9-10-11-12-13-14-15-16-17-18-19-20-21-22-23-34(47)40-24-25-44(3)26-27-45(38(50)51)30-33-32(42-43-39)28-35(52-33)46-29-31(2)36(48)41-37(46)49/h5-6,8-9,11-12,14-15,17-18,20-21,29,32-33,35H,4,7,10,13,16,19,22-28,30H2,1-3H3,(H,40,47)(H,50,51)(H,41,48,49)/t32-,33-,35-/m0/s1. The fraction of sp³-hybridized carbons (Fsp3) is 0.526. The molecular weight excluding hydrogens is 664 g/mol. The summed E-state index contributed by atoms with van der Waals surface area (Å²) in [4.78, 5) is 56.6.